The number of rotatable bonds is 3. The molecule has 1 aromatic heterocycles. The van der Waals surface area contributed by atoms with Crippen LogP contribution in [-0.2, 0) is 6.54 Å². The Hall–Kier alpha value is -1.21. The molecule has 3 aromatic rings. The van der Waals surface area contributed by atoms with Crippen molar-refractivity contribution in [2.75, 3.05) is 0 Å². The molecule has 1 heterocycles. The quantitative estimate of drug-likeness (QED) is 0.501. The van der Waals surface area contributed by atoms with Crippen LogP contribution in [-0.4, -0.2) is 9.78 Å². The molecule has 3 rings (SSSR count). The van der Waals surface area contributed by atoms with E-state index >= 15 is 0 Å². The minimum absolute atomic E-state index is 0.251. The lowest BCUT2D eigenvalue weighted by Gasteiger charge is -2.03. The van der Waals surface area contributed by atoms with E-state index in [4.69, 9.17) is 0 Å². The SMILES string of the molecule is Fc1ccc(Cn2cc(-c3cccc(I)c3)cn2)cc1Br. The summed E-state index contributed by atoms with van der Waals surface area (Å²) in [7, 11) is 0. The van der Waals surface area contributed by atoms with Gasteiger partial charge in [-0.05, 0) is 73.9 Å². The molecule has 0 aliphatic heterocycles. The summed E-state index contributed by atoms with van der Waals surface area (Å²) in [6, 6.07) is 13.3. The third-order valence-electron chi connectivity index (χ3n) is 3.12. The molecule has 0 N–H and O–H groups in total. The number of aromatic nitrogens is 2. The van der Waals surface area contributed by atoms with E-state index in [9.17, 15) is 4.39 Å². The number of nitrogens with zero attached hydrogens (tertiary/aromatic N) is 2. The van der Waals surface area contributed by atoms with Gasteiger partial charge in [0.1, 0.15) is 5.82 Å². The summed E-state index contributed by atoms with van der Waals surface area (Å²) in [5.74, 6) is -0.251. The largest absolute Gasteiger partial charge is 0.268 e. The zero-order chi connectivity index (χ0) is 14.8. The summed E-state index contributed by atoms with van der Waals surface area (Å²) in [5.41, 5.74) is 3.23. The maximum Gasteiger partial charge on any atom is 0.137 e. The van der Waals surface area contributed by atoms with Gasteiger partial charge in [-0.3, -0.25) is 4.68 Å². The second kappa shape index (κ2) is 6.27. The van der Waals surface area contributed by atoms with Crippen molar-refractivity contribution in [1.82, 2.24) is 9.78 Å². The van der Waals surface area contributed by atoms with Crippen LogP contribution < -0.4 is 0 Å². The molecule has 106 valence electrons. The molecule has 0 aliphatic carbocycles. The van der Waals surface area contributed by atoms with Crippen LogP contribution in [0.1, 0.15) is 5.56 Å². The number of benzene rings is 2. The van der Waals surface area contributed by atoms with Crippen molar-refractivity contribution in [2.24, 2.45) is 0 Å². The third kappa shape index (κ3) is 3.52. The highest BCUT2D eigenvalue weighted by atomic mass is 127. The Labute approximate surface area is 144 Å². The van der Waals surface area contributed by atoms with E-state index in [1.165, 1.54) is 9.64 Å². The van der Waals surface area contributed by atoms with Crippen LogP contribution in [0.3, 0.4) is 0 Å². The van der Waals surface area contributed by atoms with Crippen LogP contribution in [0.25, 0.3) is 11.1 Å². The highest BCUT2D eigenvalue weighted by Gasteiger charge is 2.05. The first kappa shape index (κ1) is 14.7. The van der Waals surface area contributed by atoms with Crippen molar-refractivity contribution in [3.63, 3.8) is 0 Å². The molecule has 0 saturated carbocycles. The van der Waals surface area contributed by atoms with Gasteiger partial charge in [-0.2, -0.15) is 5.10 Å². The fourth-order valence-electron chi connectivity index (χ4n) is 2.09. The van der Waals surface area contributed by atoms with Gasteiger partial charge in [0.25, 0.3) is 0 Å². The Morgan fingerprint density at radius 3 is 2.76 bits per heavy atom. The average Bonchev–Trinajstić information content (AvgIpc) is 2.91. The summed E-state index contributed by atoms with van der Waals surface area (Å²) in [6.07, 6.45) is 3.85. The molecule has 0 radical (unpaired) electrons. The highest BCUT2D eigenvalue weighted by Crippen LogP contribution is 2.22. The van der Waals surface area contributed by atoms with Crippen molar-refractivity contribution in [1.29, 1.82) is 0 Å². The van der Waals surface area contributed by atoms with Gasteiger partial charge >= 0.3 is 0 Å². The lowest BCUT2D eigenvalue weighted by Crippen LogP contribution is -2.00. The summed E-state index contributed by atoms with van der Waals surface area (Å²) in [4.78, 5) is 0. The Morgan fingerprint density at radius 2 is 2.00 bits per heavy atom. The van der Waals surface area contributed by atoms with E-state index < -0.39 is 0 Å². The standard InChI is InChI=1S/C16H11BrFIN2/c17-15-6-11(4-5-16(15)18)9-21-10-13(8-20-21)12-2-1-3-14(19)7-12/h1-8,10H,9H2. The molecule has 2 aromatic carbocycles. The lowest BCUT2D eigenvalue weighted by molar-refractivity contribution is 0.617. The molecule has 0 spiro atoms. The second-order valence-corrected chi connectivity index (χ2v) is 6.79. The number of hydrogen-bond donors (Lipinski definition) is 0. The molecular formula is C16H11BrFIN2. The first-order valence-corrected chi connectivity index (χ1v) is 8.21. The minimum Gasteiger partial charge on any atom is -0.268 e. The maximum atomic E-state index is 13.2. The van der Waals surface area contributed by atoms with Gasteiger partial charge in [-0.1, -0.05) is 18.2 Å². The normalized spacial score (nSPS) is 10.8. The van der Waals surface area contributed by atoms with Crippen molar-refractivity contribution in [3.8, 4) is 11.1 Å². The van der Waals surface area contributed by atoms with Crippen LogP contribution in [0.2, 0.25) is 0 Å². The lowest BCUT2D eigenvalue weighted by atomic mass is 10.1. The van der Waals surface area contributed by atoms with Crippen LogP contribution in [0.5, 0.6) is 0 Å². The molecule has 0 saturated heterocycles. The zero-order valence-electron chi connectivity index (χ0n) is 10.9. The van der Waals surface area contributed by atoms with Crippen molar-refractivity contribution in [3.05, 3.63) is 74.3 Å². The Morgan fingerprint density at radius 1 is 1.14 bits per heavy atom. The van der Waals surface area contributed by atoms with E-state index in [1.54, 1.807) is 12.1 Å². The van der Waals surface area contributed by atoms with Crippen LogP contribution in [0, 0.1) is 9.39 Å². The topological polar surface area (TPSA) is 17.8 Å². The molecule has 0 bridgehead atoms. The highest BCUT2D eigenvalue weighted by molar-refractivity contribution is 14.1. The Balaban J connectivity index is 1.83. The average molecular weight is 457 g/mol. The van der Waals surface area contributed by atoms with Gasteiger partial charge in [-0.25, -0.2) is 4.39 Å². The molecule has 0 fully saturated rings. The molecule has 0 amide bonds. The first-order valence-electron chi connectivity index (χ1n) is 6.34. The van der Waals surface area contributed by atoms with Gasteiger partial charge < -0.3 is 0 Å². The van der Waals surface area contributed by atoms with E-state index in [1.807, 2.05) is 23.1 Å². The Bertz CT molecular complexity index is 785. The molecule has 0 unspecified atom stereocenters. The summed E-state index contributed by atoms with van der Waals surface area (Å²) in [5, 5.41) is 4.37. The fraction of sp³-hybridized carbons (Fsp3) is 0.0625. The summed E-state index contributed by atoms with van der Waals surface area (Å²) in [6.45, 7) is 0.614. The van der Waals surface area contributed by atoms with Crippen molar-refractivity contribution >= 4 is 38.5 Å². The van der Waals surface area contributed by atoms with E-state index in [0.717, 1.165) is 16.7 Å². The zero-order valence-corrected chi connectivity index (χ0v) is 14.7. The van der Waals surface area contributed by atoms with Crippen LogP contribution in [0.15, 0.2) is 59.3 Å². The second-order valence-electron chi connectivity index (χ2n) is 4.69. The molecule has 0 aliphatic rings. The van der Waals surface area contributed by atoms with Gasteiger partial charge in [0.2, 0.25) is 0 Å². The molecular weight excluding hydrogens is 446 g/mol. The summed E-state index contributed by atoms with van der Waals surface area (Å²) < 4.78 is 16.8. The minimum atomic E-state index is -0.251. The summed E-state index contributed by atoms with van der Waals surface area (Å²) >= 11 is 5.50. The number of hydrogen-bond acceptors (Lipinski definition) is 1. The molecule has 21 heavy (non-hydrogen) atoms. The monoisotopic (exact) mass is 456 g/mol. The fourth-order valence-corrected chi connectivity index (χ4v) is 3.06. The predicted molar refractivity (Wildman–Crippen MR) is 93.6 cm³/mol. The van der Waals surface area contributed by atoms with Gasteiger partial charge in [-0.15, -0.1) is 0 Å². The van der Waals surface area contributed by atoms with E-state index in [-0.39, 0.29) is 5.82 Å². The van der Waals surface area contributed by atoms with E-state index in [0.29, 0.717) is 11.0 Å². The van der Waals surface area contributed by atoms with Gasteiger partial charge in [0, 0.05) is 15.3 Å². The first-order chi connectivity index (χ1) is 10.1. The third-order valence-corrected chi connectivity index (χ3v) is 4.40. The van der Waals surface area contributed by atoms with Crippen LogP contribution >= 0.6 is 38.5 Å². The maximum absolute atomic E-state index is 13.2. The van der Waals surface area contributed by atoms with Crippen LogP contribution in [0.4, 0.5) is 4.39 Å². The van der Waals surface area contributed by atoms with E-state index in [2.05, 4.69) is 61.8 Å². The van der Waals surface area contributed by atoms with Gasteiger partial charge in [0.15, 0.2) is 0 Å². The smallest absolute Gasteiger partial charge is 0.137 e. The predicted octanol–water partition coefficient (Wildman–Crippen LogP) is 5.10. The van der Waals surface area contributed by atoms with Gasteiger partial charge in [0.05, 0.1) is 17.2 Å². The Kier molecular flexibility index (Phi) is 4.40. The van der Waals surface area contributed by atoms with Crippen molar-refractivity contribution < 1.29 is 4.39 Å². The van der Waals surface area contributed by atoms with Crippen molar-refractivity contribution in [2.45, 2.75) is 6.54 Å². The molecule has 2 nitrogen and oxygen atoms in total. The number of halogens is 3. The molecule has 0 atom stereocenters. The molecule has 5 heteroatoms.